The number of ether oxygens (including phenoxy) is 1. The van der Waals surface area contributed by atoms with Crippen molar-refractivity contribution in [2.24, 2.45) is 0 Å². The Morgan fingerprint density at radius 3 is 2.90 bits per heavy atom. The fourth-order valence-electron chi connectivity index (χ4n) is 2.74. The summed E-state index contributed by atoms with van der Waals surface area (Å²) in [6, 6.07) is 7.95. The highest BCUT2D eigenvalue weighted by Gasteiger charge is 2.17. The fraction of sp³-hybridized carbons (Fsp3) is 0.333. The van der Waals surface area contributed by atoms with E-state index in [1.54, 1.807) is 6.20 Å². The van der Waals surface area contributed by atoms with Gasteiger partial charge in [-0.1, -0.05) is 12.1 Å². The van der Waals surface area contributed by atoms with Gasteiger partial charge in [0.1, 0.15) is 12.4 Å². The van der Waals surface area contributed by atoms with Crippen LogP contribution in [-0.4, -0.2) is 9.97 Å². The second-order valence-corrected chi connectivity index (χ2v) is 5.35. The third kappa shape index (κ3) is 3.30. The van der Waals surface area contributed by atoms with Crippen molar-refractivity contribution < 1.29 is 4.74 Å². The molecule has 0 amide bonds. The Balaban J connectivity index is 1.85. The zero-order valence-electron chi connectivity index (χ0n) is 12.2. The van der Waals surface area contributed by atoms with E-state index in [1.165, 1.54) is 24.1 Å². The third-order valence-corrected chi connectivity index (χ3v) is 3.77. The highest BCUT2D eigenvalue weighted by Crippen LogP contribution is 2.30. The van der Waals surface area contributed by atoms with Crippen LogP contribution in [0.5, 0.6) is 5.75 Å². The number of aromatic nitrogens is 2. The minimum atomic E-state index is 0.505. The van der Waals surface area contributed by atoms with Gasteiger partial charge in [-0.05, 0) is 37.8 Å². The van der Waals surface area contributed by atoms with Gasteiger partial charge in [-0.3, -0.25) is 9.97 Å². The van der Waals surface area contributed by atoms with Crippen LogP contribution < -0.4 is 4.74 Å². The topological polar surface area (TPSA) is 35.0 Å². The van der Waals surface area contributed by atoms with Crippen LogP contribution in [-0.2, 0) is 25.9 Å². The summed E-state index contributed by atoms with van der Waals surface area (Å²) in [6.45, 7) is 4.31. The lowest BCUT2D eigenvalue weighted by Crippen LogP contribution is -2.10. The van der Waals surface area contributed by atoms with Crippen LogP contribution in [0.2, 0.25) is 0 Å². The van der Waals surface area contributed by atoms with E-state index < -0.39 is 0 Å². The average Bonchev–Trinajstić information content (AvgIpc) is 2.54. The normalized spacial score (nSPS) is 13.5. The van der Waals surface area contributed by atoms with Crippen LogP contribution in [0.3, 0.4) is 0 Å². The summed E-state index contributed by atoms with van der Waals surface area (Å²) in [6.07, 6.45) is 9.03. The van der Waals surface area contributed by atoms with Crippen LogP contribution >= 0.6 is 0 Å². The number of nitrogens with zero attached hydrogens (tertiary/aromatic N) is 2. The van der Waals surface area contributed by atoms with Crippen molar-refractivity contribution in [3.05, 3.63) is 65.8 Å². The summed E-state index contributed by atoms with van der Waals surface area (Å²) < 4.78 is 6.04. The molecule has 3 heteroatoms. The standard InChI is InChI=1S/C18H20N2O/c1-2-7-14-12-18(16-9-3-4-10-17(16)20-14)21-13-15-8-5-6-11-19-15/h2,5-6,8,11-12H,1,3-4,7,9-10,13H2. The molecule has 0 N–H and O–H groups in total. The molecular weight excluding hydrogens is 260 g/mol. The maximum atomic E-state index is 6.04. The SMILES string of the molecule is C=CCc1cc(OCc2ccccn2)c2c(n1)CCCC2. The van der Waals surface area contributed by atoms with Crippen LogP contribution in [0.4, 0.5) is 0 Å². The van der Waals surface area contributed by atoms with E-state index in [2.05, 4.69) is 17.6 Å². The third-order valence-electron chi connectivity index (χ3n) is 3.77. The molecule has 108 valence electrons. The molecule has 21 heavy (non-hydrogen) atoms. The van der Waals surface area contributed by atoms with Gasteiger partial charge in [-0.2, -0.15) is 0 Å². The second-order valence-electron chi connectivity index (χ2n) is 5.35. The molecule has 0 unspecified atom stereocenters. The first-order valence-electron chi connectivity index (χ1n) is 7.52. The molecule has 2 aromatic heterocycles. The van der Waals surface area contributed by atoms with Gasteiger partial charge >= 0.3 is 0 Å². The highest BCUT2D eigenvalue weighted by atomic mass is 16.5. The van der Waals surface area contributed by atoms with Crippen molar-refractivity contribution in [2.45, 2.75) is 38.7 Å². The summed E-state index contributed by atoms with van der Waals surface area (Å²) in [5.74, 6) is 0.974. The second kappa shape index (κ2) is 6.53. The summed E-state index contributed by atoms with van der Waals surface area (Å²) in [5, 5.41) is 0. The largest absolute Gasteiger partial charge is 0.487 e. The molecule has 0 bridgehead atoms. The van der Waals surface area contributed by atoms with Crippen molar-refractivity contribution in [1.82, 2.24) is 9.97 Å². The number of fused-ring (bicyclic) bond motifs is 1. The average molecular weight is 280 g/mol. The molecule has 0 spiro atoms. The lowest BCUT2D eigenvalue weighted by molar-refractivity contribution is 0.295. The number of hydrogen-bond donors (Lipinski definition) is 0. The van der Waals surface area contributed by atoms with E-state index in [-0.39, 0.29) is 0 Å². The Hall–Kier alpha value is -2.16. The molecule has 3 rings (SSSR count). The molecule has 0 saturated carbocycles. The summed E-state index contributed by atoms with van der Waals surface area (Å²) in [4.78, 5) is 9.06. The zero-order valence-corrected chi connectivity index (χ0v) is 12.2. The smallest absolute Gasteiger partial charge is 0.130 e. The minimum Gasteiger partial charge on any atom is -0.487 e. The molecule has 0 atom stereocenters. The monoisotopic (exact) mass is 280 g/mol. The van der Waals surface area contributed by atoms with Gasteiger partial charge in [0.05, 0.1) is 5.69 Å². The fourth-order valence-corrected chi connectivity index (χ4v) is 2.74. The Morgan fingerprint density at radius 1 is 1.19 bits per heavy atom. The lowest BCUT2D eigenvalue weighted by Gasteiger charge is -2.20. The van der Waals surface area contributed by atoms with Crippen LogP contribution in [0, 0.1) is 0 Å². The molecule has 2 heterocycles. The maximum absolute atomic E-state index is 6.04. The maximum Gasteiger partial charge on any atom is 0.130 e. The Bertz CT molecular complexity index is 623. The van der Waals surface area contributed by atoms with E-state index in [4.69, 9.17) is 9.72 Å². The van der Waals surface area contributed by atoms with Gasteiger partial charge < -0.3 is 4.74 Å². The van der Waals surface area contributed by atoms with Gasteiger partial charge in [0, 0.05) is 35.6 Å². The lowest BCUT2D eigenvalue weighted by atomic mass is 9.94. The van der Waals surface area contributed by atoms with E-state index in [0.29, 0.717) is 6.61 Å². The van der Waals surface area contributed by atoms with Gasteiger partial charge in [-0.25, -0.2) is 0 Å². The highest BCUT2D eigenvalue weighted by molar-refractivity contribution is 5.40. The van der Waals surface area contributed by atoms with Gasteiger partial charge in [-0.15, -0.1) is 6.58 Å². The predicted octanol–water partition coefficient (Wildman–Crippen LogP) is 3.66. The van der Waals surface area contributed by atoms with Gasteiger partial charge in [0.2, 0.25) is 0 Å². The molecule has 1 aliphatic rings. The molecular formula is C18H20N2O. The molecule has 0 aromatic carbocycles. The Morgan fingerprint density at radius 2 is 2.10 bits per heavy atom. The Labute approximate surface area is 125 Å². The molecule has 0 radical (unpaired) electrons. The molecule has 0 fully saturated rings. The minimum absolute atomic E-state index is 0.505. The number of allylic oxidation sites excluding steroid dienone is 1. The van der Waals surface area contributed by atoms with E-state index in [1.807, 2.05) is 24.3 Å². The van der Waals surface area contributed by atoms with Crippen LogP contribution in [0.15, 0.2) is 43.1 Å². The van der Waals surface area contributed by atoms with Crippen molar-refractivity contribution in [2.75, 3.05) is 0 Å². The Kier molecular flexibility index (Phi) is 4.29. The summed E-state index contributed by atoms with van der Waals surface area (Å²) in [7, 11) is 0. The van der Waals surface area contributed by atoms with Crippen molar-refractivity contribution >= 4 is 0 Å². The molecule has 0 saturated heterocycles. The first-order valence-corrected chi connectivity index (χ1v) is 7.52. The van der Waals surface area contributed by atoms with E-state index in [0.717, 1.165) is 36.4 Å². The van der Waals surface area contributed by atoms with Crippen molar-refractivity contribution in [1.29, 1.82) is 0 Å². The number of hydrogen-bond acceptors (Lipinski definition) is 3. The first kappa shape index (κ1) is 13.8. The zero-order chi connectivity index (χ0) is 14.5. The first-order chi connectivity index (χ1) is 10.4. The van der Waals surface area contributed by atoms with Gasteiger partial charge in [0.15, 0.2) is 0 Å². The summed E-state index contributed by atoms with van der Waals surface area (Å²) >= 11 is 0. The van der Waals surface area contributed by atoms with Crippen molar-refractivity contribution in [3.8, 4) is 5.75 Å². The number of pyridine rings is 2. The van der Waals surface area contributed by atoms with Crippen LogP contribution in [0.25, 0.3) is 0 Å². The predicted molar refractivity (Wildman–Crippen MR) is 83.3 cm³/mol. The van der Waals surface area contributed by atoms with E-state index in [9.17, 15) is 0 Å². The van der Waals surface area contributed by atoms with Crippen molar-refractivity contribution in [3.63, 3.8) is 0 Å². The summed E-state index contributed by atoms with van der Waals surface area (Å²) in [5.41, 5.74) is 4.48. The molecule has 0 aliphatic heterocycles. The number of rotatable bonds is 5. The van der Waals surface area contributed by atoms with Crippen LogP contribution in [0.1, 0.15) is 35.5 Å². The van der Waals surface area contributed by atoms with E-state index >= 15 is 0 Å². The quantitative estimate of drug-likeness (QED) is 0.784. The van der Waals surface area contributed by atoms with Gasteiger partial charge in [0.25, 0.3) is 0 Å². The molecule has 2 aromatic rings. The number of aryl methyl sites for hydroxylation is 1. The molecule has 1 aliphatic carbocycles. The molecule has 3 nitrogen and oxygen atoms in total.